The third kappa shape index (κ3) is 3.16. The zero-order chi connectivity index (χ0) is 15.8. The Labute approximate surface area is 126 Å². The van der Waals surface area contributed by atoms with Crippen LogP contribution in [0.4, 0.5) is 4.79 Å². The number of carbonyl (C=O) groups is 2. The van der Waals surface area contributed by atoms with E-state index in [2.05, 4.69) is 31.4 Å². The summed E-state index contributed by atoms with van der Waals surface area (Å²) >= 11 is 0. The first-order valence-corrected chi connectivity index (χ1v) is 7.91. The molecule has 2 amide bonds. The number of carboxylic acid groups (broad SMARTS) is 1. The van der Waals surface area contributed by atoms with Gasteiger partial charge in [0.25, 0.3) is 0 Å². The number of rotatable bonds is 5. The average Bonchev–Trinajstić information content (AvgIpc) is 2.82. The lowest BCUT2D eigenvalue weighted by Gasteiger charge is -2.43. The van der Waals surface area contributed by atoms with Crippen LogP contribution in [0.25, 0.3) is 0 Å². The highest BCUT2D eigenvalue weighted by atomic mass is 16.4. The Kier molecular flexibility index (Phi) is 4.22. The van der Waals surface area contributed by atoms with Crippen molar-refractivity contribution in [2.75, 3.05) is 6.54 Å². The summed E-state index contributed by atoms with van der Waals surface area (Å²) < 4.78 is 0. The molecule has 0 radical (unpaired) electrons. The SMILES string of the molecule is CC(CNC(=O)NC1C2(C)CCC(C2)C1(C)C)CC(=O)O. The topological polar surface area (TPSA) is 78.4 Å². The van der Waals surface area contributed by atoms with Crippen molar-refractivity contribution < 1.29 is 14.7 Å². The number of urea groups is 1. The summed E-state index contributed by atoms with van der Waals surface area (Å²) in [6, 6.07) is 0.0256. The molecule has 4 unspecified atom stereocenters. The van der Waals surface area contributed by atoms with E-state index in [0.717, 1.165) is 0 Å². The molecule has 5 heteroatoms. The number of hydrogen-bond acceptors (Lipinski definition) is 2. The van der Waals surface area contributed by atoms with Gasteiger partial charge >= 0.3 is 12.0 Å². The van der Waals surface area contributed by atoms with Crippen LogP contribution in [0.3, 0.4) is 0 Å². The highest BCUT2D eigenvalue weighted by molar-refractivity contribution is 5.74. The van der Waals surface area contributed by atoms with E-state index >= 15 is 0 Å². The molecule has 2 aliphatic rings. The summed E-state index contributed by atoms with van der Waals surface area (Å²) in [4.78, 5) is 22.7. The van der Waals surface area contributed by atoms with Gasteiger partial charge in [0.15, 0.2) is 0 Å². The van der Waals surface area contributed by atoms with Gasteiger partial charge in [-0.05, 0) is 41.9 Å². The number of hydrogen-bond donors (Lipinski definition) is 3. The van der Waals surface area contributed by atoms with E-state index in [1.165, 1.54) is 19.3 Å². The molecule has 0 aliphatic heterocycles. The second kappa shape index (κ2) is 5.50. The molecule has 0 aromatic heterocycles. The van der Waals surface area contributed by atoms with Crippen LogP contribution in [-0.4, -0.2) is 29.7 Å². The number of aliphatic carboxylic acids is 1. The summed E-state index contributed by atoms with van der Waals surface area (Å²) in [5.74, 6) is -0.193. The maximum Gasteiger partial charge on any atom is 0.315 e. The van der Waals surface area contributed by atoms with Crippen LogP contribution in [0.5, 0.6) is 0 Å². The summed E-state index contributed by atoms with van der Waals surface area (Å²) in [5.41, 5.74) is 0.342. The van der Waals surface area contributed by atoms with Gasteiger partial charge in [0, 0.05) is 19.0 Å². The lowest BCUT2D eigenvalue weighted by molar-refractivity contribution is -0.137. The van der Waals surface area contributed by atoms with Crippen molar-refractivity contribution in [3.63, 3.8) is 0 Å². The fraction of sp³-hybridized carbons (Fsp3) is 0.875. The molecule has 2 rings (SSSR count). The van der Waals surface area contributed by atoms with Gasteiger partial charge in [0.2, 0.25) is 0 Å². The molecule has 0 saturated heterocycles. The summed E-state index contributed by atoms with van der Waals surface area (Å²) in [7, 11) is 0. The first kappa shape index (κ1) is 16.1. The first-order chi connectivity index (χ1) is 9.65. The Bertz CT molecular complexity index is 430. The van der Waals surface area contributed by atoms with Gasteiger partial charge in [-0.2, -0.15) is 0 Å². The Balaban J connectivity index is 1.87. The van der Waals surface area contributed by atoms with Gasteiger partial charge in [-0.15, -0.1) is 0 Å². The average molecular weight is 296 g/mol. The maximum atomic E-state index is 12.1. The minimum Gasteiger partial charge on any atom is -0.481 e. The van der Waals surface area contributed by atoms with Crippen LogP contribution >= 0.6 is 0 Å². The molecule has 0 spiro atoms. The van der Waals surface area contributed by atoms with E-state index in [1.807, 2.05) is 6.92 Å². The van der Waals surface area contributed by atoms with E-state index in [4.69, 9.17) is 5.11 Å². The largest absolute Gasteiger partial charge is 0.481 e. The summed E-state index contributed by atoms with van der Waals surface area (Å²) in [6.45, 7) is 9.00. The molecule has 2 aliphatic carbocycles. The fourth-order valence-corrected chi connectivity index (χ4v) is 4.48. The van der Waals surface area contributed by atoms with Gasteiger partial charge in [-0.1, -0.05) is 27.7 Å². The molecule has 0 heterocycles. The molecule has 2 saturated carbocycles. The monoisotopic (exact) mass is 296 g/mol. The molecule has 21 heavy (non-hydrogen) atoms. The van der Waals surface area contributed by atoms with Gasteiger partial charge in [-0.3, -0.25) is 4.79 Å². The number of carboxylic acids is 1. The molecule has 4 atom stereocenters. The third-order valence-electron chi connectivity index (χ3n) is 5.68. The summed E-state index contributed by atoms with van der Waals surface area (Å²) in [5, 5.41) is 14.7. The van der Waals surface area contributed by atoms with E-state index < -0.39 is 5.97 Å². The zero-order valence-corrected chi connectivity index (χ0v) is 13.5. The molecule has 3 N–H and O–H groups in total. The molecule has 120 valence electrons. The van der Waals surface area contributed by atoms with Crippen LogP contribution in [0.2, 0.25) is 0 Å². The quantitative estimate of drug-likeness (QED) is 0.729. The summed E-state index contributed by atoms with van der Waals surface area (Å²) in [6.07, 6.45) is 3.72. The van der Waals surface area contributed by atoms with Crippen LogP contribution in [0.15, 0.2) is 0 Å². The Hall–Kier alpha value is -1.26. The van der Waals surface area contributed by atoms with Gasteiger partial charge in [0.1, 0.15) is 0 Å². The second-order valence-corrected chi connectivity index (χ2v) is 7.91. The second-order valence-electron chi connectivity index (χ2n) is 7.91. The maximum absolute atomic E-state index is 12.1. The molecule has 0 aromatic carbocycles. The number of amides is 2. The molecular formula is C16H28N2O3. The van der Waals surface area contributed by atoms with Crippen LogP contribution in [-0.2, 0) is 4.79 Å². The fourth-order valence-electron chi connectivity index (χ4n) is 4.48. The van der Waals surface area contributed by atoms with E-state index in [9.17, 15) is 9.59 Å². The Morgan fingerprint density at radius 1 is 1.33 bits per heavy atom. The van der Waals surface area contributed by atoms with E-state index in [0.29, 0.717) is 12.5 Å². The smallest absolute Gasteiger partial charge is 0.315 e. The molecule has 2 fully saturated rings. The number of carbonyl (C=O) groups excluding carboxylic acids is 1. The third-order valence-corrected chi connectivity index (χ3v) is 5.68. The lowest BCUT2D eigenvalue weighted by Crippen LogP contribution is -2.55. The van der Waals surface area contributed by atoms with Crippen LogP contribution < -0.4 is 10.6 Å². The predicted octanol–water partition coefficient (Wildman–Crippen LogP) is 2.61. The Morgan fingerprint density at radius 3 is 2.52 bits per heavy atom. The van der Waals surface area contributed by atoms with Gasteiger partial charge in [-0.25, -0.2) is 4.79 Å². The van der Waals surface area contributed by atoms with Crippen molar-refractivity contribution in [3.05, 3.63) is 0 Å². The predicted molar refractivity (Wildman–Crippen MR) is 81.0 cm³/mol. The first-order valence-electron chi connectivity index (χ1n) is 7.91. The van der Waals surface area contributed by atoms with E-state index in [-0.39, 0.29) is 35.2 Å². The highest BCUT2D eigenvalue weighted by Gasteiger charge is 2.59. The van der Waals surface area contributed by atoms with Crippen molar-refractivity contribution >= 4 is 12.0 Å². The van der Waals surface area contributed by atoms with E-state index in [1.54, 1.807) is 0 Å². The number of nitrogens with one attached hydrogen (secondary N) is 2. The Morgan fingerprint density at radius 2 is 2.00 bits per heavy atom. The van der Waals surface area contributed by atoms with Crippen molar-refractivity contribution in [2.45, 2.75) is 59.4 Å². The normalized spacial score (nSPS) is 34.5. The molecular weight excluding hydrogens is 268 g/mol. The standard InChI is InChI=1S/C16H28N2O3/c1-10(7-12(19)20)9-17-14(21)18-13-15(2,3)11-5-6-16(13,4)8-11/h10-11,13H,5-9H2,1-4H3,(H,19,20)(H2,17,18,21). The molecule has 2 bridgehead atoms. The van der Waals surface area contributed by atoms with Gasteiger partial charge in [0.05, 0.1) is 0 Å². The van der Waals surface area contributed by atoms with Gasteiger partial charge < -0.3 is 15.7 Å². The van der Waals surface area contributed by atoms with Crippen molar-refractivity contribution in [3.8, 4) is 0 Å². The van der Waals surface area contributed by atoms with Crippen molar-refractivity contribution in [2.24, 2.45) is 22.7 Å². The number of fused-ring (bicyclic) bond motifs is 2. The van der Waals surface area contributed by atoms with Crippen molar-refractivity contribution in [1.29, 1.82) is 0 Å². The van der Waals surface area contributed by atoms with Crippen LogP contribution in [0, 0.1) is 22.7 Å². The molecule has 5 nitrogen and oxygen atoms in total. The highest BCUT2D eigenvalue weighted by Crippen LogP contribution is 2.62. The minimum atomic E-state index is -0.827. The van der Waals surface area contributed by atoms with Crippen LogP contribution in [0.1, 0.15) is 53.4 Å². The minimum absolute atomic E-state index is 0.0584. The molecule has 0 aromatic rings. The zero-order valence-electron chi connectivity index (χ0n) is 13.5. The lowest BCUT2D eigenvalue weighted by atomic mass is 9.68. The van der Waals surface area contributed by atoms with Crippen molar-refractivity contribution in [1.82, 2.24) is 10.6 Å².